The summed E-state index contributed by atoms with van der Waals surface area (Å²) in [7, 11) is 2.50. The van der Waals surface area contributed by atoms with Crippen LogP contribution in [0.2, 0.25) is 0 Å². The van der Waals surface area contributed by atoms with Crippen LogP contribution in [-0.4, -0.2) is 71.5 Å². The van der Waals surface area contributed by atoms with E-state index in [1.807, 2.05) is 27.7 Å². The summed E-state index contributed by atoms with van der Waals surface area (Å²) in [6.07, 6.45) is 12.2. The predicted octanol–water partition coefficient (Wildman–Crippen LogP) is 4.94. The molecule has 0 aromatic carbocycles. The van der Waals surface area contributed by atoms with Gasteiger partial charge in [0.05, 0.1) is 25.4 Å². The number of hydrogen-bond donors (Lipinski definition) is 4. The first-order chi connectivity index (χ1) is 21.6. The molecule has 10 nitrogen and oxygen atoms in total. The highest BCUT2D eigenvalue weighted by molar-refractivity contribution is 5.85. The molecule has 0 aliphatic carbocycles. The Morgan fingerprint density at radius 1 is 0.761 bits per heavy atom. The van der Waals surface area contributed by atoms with Crippen molar-refractivity contribution in [2.45, 2.75) is 130 Å². The van der Waals surface area contributed by atoms with E-state index in [2.05, 4.69) is 56.9 Å². The molecule has 0 aromatic rings. The van der Waals surface area contributed by atoms with E-state index in [1.54, 1.807) is 19.9 Å². The molecule has 0 aromatic heterocycles. The van der Waals surface area contributed by atoms with Crippen molar-refractivity contribution < 1.29 is 38.9 Å². The molecule has 10 heteroatoms. The summed E-state index contributed by atoms with van der Waals surface area (Å²) in [4.78, 5) is 43.8. The van der Waals surface area contributed by atoms with E-state index in [9.17, 15) is 29.4 Å². The van der Waals surface area contributed by atoms with Crippen LogP contribution in [0.4, 0.5) is 0 Å². The molecule has 0 saturated carbocycles. The lowest BCUT2D eigenvalue weighted by Gasteiger charge is -2.19. The molecule has 262 valence electrons. The van der Waals surface area contributed by atoms with Gasteiger partial charge in [0, 0.05) is 39.5 Å². The van der Waals surface area contributed by atoms with Gasteiger partial charge in [0.25, 0.3) is 0 Å². The molecule has 4 N–H and O–H groups in total. The lowest BCUT2D eigenvalue weighted by molar-refractivity contribution is -0.143. The average Bonchev–Trinajstić information content (AvgIpc) is 3.02. The van der Waals surface area contributed by atoms with Crippen LogP contribution in [0.5, 0.6) is 0 Å². The van der Waals surface area contributed by atoms with Gasteiger partial charge in [-0.3, -0.25) is 9.59 Å². The van der Waals surface area contributed by atoms with Crippen molar-refractivity contribution in [3.05, 3.63) is 37.5 Å². The van der Waals surface area contributed by atoms with Gasteiger partial charge in [-0.1, -0.05) is 52.0 Å². The van der Waals surface area contributed by atoms with Crippen molar-refractivity contribution in [1.29, 1.82) is 0 Å². The Labute approximate surface area is 278 Å². The number of esters is 2. The van der Waals surface area contributed by atoms with E-state index in [4.69, 9.17) is 0 Å². The first kappa shape index (κ1) is 49.0. The van der Waals surface area contributed by atoms with Crippen molar-refractivity contribution in [3.8, 4) is 23.7 Å². The molecule has 0 aliphatic rings. The number of unbranched alkanes of at least 4 members (excludes halogenated alkanes) is 2. The third kappa shape index (κ3) is 33.0. The van der Waals surface area contributed by atoms with Crippen molar-refractivity contribution in [3.63, 3.8) is 0 Å². The maximum Gasteiger partial charge on any atom is 0.332 e. The smallest absolute Gasteiger partial charge is 0.332 e. The van der Waals surface area contributed by atoms with Gasteiger partial charge in [0.15, 0.2) is 0 Å². The molecule has 0 saturated heterocycles. The monoisotopic (exact) mass is 648 g/mol. The summed E-state index contributed by atoms with van der Waals surface area (Å²) in [6.45, 7) is 21.0. The topological polar surface area (TPSA) is 151 Å². The fourth-order valence-electron chi connectivity index (χ4n) is 3.08. The van der Waals surface area contributed by atoms with Gasteiger partial charge in [-0.15, -0.1) is 36.8 Å². The highest BCUT2D eigenvalue weighted by atomic mass is 16.5. The zero-order valence-corrected chi connectivity index (χ0v) is 29.9. The highest BCUT2D eigenvalue weighted by Crippen LogP contribution is 2.16. The maximum absolute atomic E-state index is 11.5. The molecular formula is C36H60N2O8. The zero-order valence-electron chi connectivity index (χ0n) is 29.9. The second-order valence-corrected chi connectivity index (χ2v) is 10.0. The lowest BCUT2D eigenvalue weighted by Crippen LogP contribution is -2.39. The van der Waals surface area contributed by atoms with Crippen molar-refractivity contribution in [2.75, 3.05) is 14.2 Å². The maximum atomic E-state index is 11.5. The minimum atomic E-state index is -1.06. The highest BCUT2D eigenvalue weighted by Gasteiger charge is 2.21. The van der Waals surface area contributed by atoms with E-state index < -0.39 is 35.2 Å². The molecule has 46 heavy (non-hydrogen) atoms. The number of methoxy groups -OCH3 is 2. The van der Waals surface area contributed by atoms with Gasteiger partial charge in [0.1, 0.15) is 12.1 Å². The number of rotatable bonds is 14. The molecule has 0 fully saturated rings. The van der Waals surface area contributed by atoms with Crippen LogP contribution in [-0.2, 0) is 28.7 Å². The Morgan fingerprint density at radius 3 is 1.50 bits per heavy atom. The molecule has 4 atom stereocenters. The number of carbonyl (C=O) groups is 4. The molecule has 0 spiro atoms. The lowest BCUT2D eigenvalue weighted by atomic mass is 9.97. The standard InChI is InChI=1S/C16H25NO4.C11H18O.C7H11NO3.C2H6/c1-5-6-7-8-9-11-16(3,20)12-10-14(15(19)21-4)17-13(2)18;1-4-6-7-8-9-10-11(3,12)5-2;1-4-6(7(10)11-3)8-5(2)9;1-2/h10,12,14,20H,5,8-9,11H2,1-4H3,(H,17,18);5,12H,2,4,8-10H2,1,3H3;4,6H,1H2,2-3H3,(H,8,9);1-2H3/b12-10+;;;/t;;6-;/m..0./s1. The van der Waals surface area contributed by atoms with Gasteiger partial charge in [-0.25, -0.2) is 9.59 Å². The number of carbonyl (C=O) groups excluding carboxylic acids is 4. The van der Waals surface area contributed by atoms with E-state index >= 15 is 0 Å². The minimum absolute atomic E-state index is 0.291. The average molecular weight is 649 g/mol. The predicted molar refractivity (Wildman–Crippen MR) is 185 cm³/mol. The van der Waals surface area contributed by atoms with E-state index in [-0.39, 0.29) is 11.8 Å². The number of nitrogens with one attached hydrogen (secondary N) is 2. The van der Waals surface area contributed by atoms with E-state index in [0.29, 0.717) is 6.42 Å². The SMILES string of the molecule is C=CC(C)(O)CCCC#CCC.C=C[C@H](NC(C)=O)C(=O)OC.CC.CCC#CCCCC(C)(O)/C=C/C(NC(C)=O)C(=O)OC. The van der Waals surface area contributed by atoms with Crippen LogP contribution in [0.1, 0.15) is 107 Å². The molecule has 0 radical (unpaired) electrons. The van der Waals surface area contributed by atoms with Crippen molar-refractivity contribution in [2.24, 2.45) is 0 Å². The first-order valence-corrected chi connectivity index (χ1v) is 15.6. The van der Waals surface area contributed by atoms with Crippen molar-refractivity contribution in [1.82, 2.24) is 10.6 Å². The Balaban J connectivity index is -0.000000301. The quantitative estimate of drug-likeness (QED) is 0.0895. The molecular weight excluding hydrogens is 588 g/mol. The van der Waals surface area contributed by atoms with Crippen LogP contribution in [0, 0.1) is 23.7 Å². The molecule has 3 unspecified atom stereocenters. The number of aliphatic hydroxyl groups is 2. The Morgan fingerprint density at radius 2 is 1.15 bits per heavy atom. The fraction of sp³-hybridized carbons (Fsp3) is 0.611. The molecule has 0 bridgehead atoms. The molecule has 0 aliphatic heterocycles. The molecule has 0 rings (SSSR count). The zero-order chi connectivity index (χ0) is 36.6. The Hall–Kier alpha value is -3.86. The fourth-order valence-corrected chi connectivity index (χ4v) is 3.08. The number of hydrogen-bond acceptors (Lipinski definition) is 8. The Kier molecular flexibility index (Phi) is 33.2. The molecule has 2 amide bonds. The second-order valence-electron chi connectivity index (χ2n) is 10.0. The summed E-state index contributed by atoms with van der Waals surface area (Å²) in [5.74, 6) is 10.3. The van der Waals surface area contributed by atoms with E-state index in [0.717, 1.165) is 44.9 Å². The summed E-state index contributed by atoms with van der Waals surface area (Å²) in [5.41, 5.74) is -1.77. The third-order valence-corrected chi connectivity index (χ3v) is 5.52. The minimum Gasteiger partial charge on any atom is -0.467 e. The Bertz CT molecular complexity index is 1040. The number of amides is 2. The van der Waals surface area contributed by atoms with Crippen LogP contribution >= 0.6 is 0 Å². The molecule has 0 heterocycles. The number of ether oxygens (including phenoxy) is 2. The largest absolute Gasteiger partial charge is 0.467 e. The van der Waals surface area contributed by atoms with Gasteiger partial charge in [0.2, 0.25) is 11.8 Å². The normalized spacial score (nSPS) is 13.3. The van der Waals surface area contributed by atoms with Crippen molar-refractivity contribution >= 4 is 23.8 Å². The van der Waals surface area contributed by atoms with Gasteiger partial charge in [-0.2, -0.15) is 0 Å². The van der Waals surface area contributed by atoms with Gasteiger partial charge < -0.3 is 30.3 Å². The first-order valence-electron chi connectivity index (χ1n) is 15.6. The summed E-state index contributed by atoms with van der Waals surface area (Å²) in [6, 6.07) is -1.63. The van der Waals surface area contributed by atoms with Gasteiger partial charge in [-0.05, 0) is 39.5 Å². The van der Waals surface area contributed by atoms with Gasteiger partial charge >= 0.3 is 11.9 Å². The summed E-state index contributed by atoms with van der Waals surface area (Å²) >= 11 is 0. The van der Waals surface area contributed by atoms with Crippen LogP contribution in [0.25, 0.3) is 0 Å². The summed E-state index contributed by atoms with van der Waals surface area (Å²) < 4.78 is 8.98. The van der Waals surface area contributed by atoms with Crippen LogP contribution in [0.15, 0.2) is 37.5 Å². The summed E-state index contributed by atoms with van der Waals surface area (Å²) in [5, 5.41) is 24.5. The van der Waals surface area contributed by atoms with Crippen LogP contribution < -0.4 is 10.6 Å². The van der Waals surface area contributed by atoms with E-state index in [1.165, 1.54) is 46.3 Å². The van der Waals surface area contributed by atoms with Crippen LogP contribution in [0.3, 0.4) is 0 Å². The second kappa shape index (κ2) is 31.1. The third-order valence-electron chi connectivity index (χ3n) is 5.52.